The molecule has 1 heterocycles. The van der Waals surface area contributed by atoms with Gasteiger partial charge in [-0.3, -0.25) is 4.68 Å². The summed E-state index contributed by atoms with van der Waals surface area (Å²) in [4.78, 5) is 4.96. The van der Waals surface area contributed by atoms with Crippen LogP contribution in [0.5, 0.6) is 0 Å². The Morgan fingerprint density at radius 1 is 1.30 bits per heavy atom. The van der Waals surface area contributed by atoms with Gasteiger partial charge in [0, 0.05) is 22.7 Å². The highest BCUT2D eigenvalue weighted by Crippen LogP contribution is 2.33. The van der Waals surface area contributed by atoms with Crippen LogP contribution in [0.15, 0.2) is 23.4 Å². The normalized spacial score (nSPS) is 12.1. The van der Waals surface area contributed by atoms with E-state index in [9.17, 15) is 13.2 Å². The predicted octanol–water partition coefficient (Wildman–Crippen LogP) is 4.95. The topological polar surface area (TPSA) is 39.4 Å². The first-order valence-electron chi connectivity index (χ1n) is 6.09. The molecule has 2 aromatic rings. The molecule has 0 saturated heterocycles. The second-order valence-corrected chi connectivity index (χ2v) is 5.62. The van der Waals surface area contributed by atoms with Crippen molar-refractivity contribution in [3.63, 3.8) is 0 Å². The van der Waals surface area contributed by atoms with Crippen LogP contribution in [0.25, 0.3) is 0 Å². The lowest BCUT2D eigenvalue weighted by molar-refractivity contribution is -0.141. The molecule has 10 heteroatoms. The first-order valence-corrected chi connectivity index (χ1v) is 7.22. The van der Waals surface area contributed by atoms with E-state index in [2.05, 4.69) is 10.3 Å². The maximum absolute atomic E-state index is 12.8. The number of aryl methyl sites for hydroxylation is 1. The maximum atomic E-state index is 12.8. The molecular weight excluding hydrogens is 378 g/mol. The van der Waals surface area contributed by atoms with Gasteiger partial charge in [-0.15, -0.1) is 0 Å². The molecule has 0 aliphatic carbocycles. The van der Waals surface area contributed by atoms with Crippen LogP contribution >= 0.6 is 34.8 Å². The Morgan fingerprint density at radius 2 is 2.00 bits per heavy atom. The zero-order valence-corrected chi connectivity index (χ0v) is 13.8. The molecule has 4 nitrogen and oxygen atoms in total. The number of oxime groups is 1. The van der Waals surface area contributed by atoms with Gasteiger partial charge in [-0.1, -0.05) is 46.0 Å². The Hall–Kier alpha value is -1.44. The van der Waals surface area contributed by atoms with Gasteiger partial charge in [0.15, 0.2) is 5.69 Å². The van der Waals surface area contributed by atoms with E-state index in [1.807, 2.05) is 0 Å². The van der Waals surface area contributed by atoms with E-state index in [1.54, 1.807) is 12.1 Å². The van der Waals surface area contributed by atoms with E-state index in [0.29, 0.717) is 15.6 Å². The third kappa shape index (κ3) is 4.31. The molecule has 23 heavy (non-hydrogen) atoms. The zero-order chi connectivity index (χ0) is 17.2. The smallest absolute Gasteiger partial charge is 0.391 e. The molecule has 0 bridgehead atoms. The molecule has 0 radical (unpaired) electrons. The largest absolute Gasteiger partial charge is 0.435 e. The zero-order valence-electron chi connectivity index (χ0n) is 11.5. The Morgan fingerprint density at radius 3 is 2.61 bits per heavy atom. The van der Waals surface area contributed by atoms with Crippen molar-refractivity contribution >= 4 is 41.0 Å². The Bertz CT molecular complexity index is 744. The summed E-state index contributed by atoms with van der Waals surface area (Å²) in [7, 11) is 1.29. The standard InChI is InChI=1S/C13H9Cl3F3N3O/c1-22-12(16)9(11(21-22)13(17,18)19)5-20-23-6-7-2-3-8(14)4-10(7)15/h2-5H,6H2,1H3/b20-5-. The third-order valence-corrected chi connectivity index (χ3v) is 3.81. The molecule has 0 aliphatic rings. The number of aromatic nitrogens is 2. The lowest BCUT2D eigenvalue weighted by Gasteiger charge is -2.04. The summed E-state index contributed by atoms with van der Waals surface area (Å²) in [6.45, 7) is -0.0360. The summed E-state index contributed by atoms with van der Waals surface area (Å²) in [6, 6.07) is 4.75. The van der Waals surface area contributed by atoms with Crippen LogP contribution < -0.4 is 0 Å². The molecule has 2 rings (SSSR count). The highest BCUT2D eigenvalue weighted by molar-refractivity contribution is 6.35. The molecule has 0 atom stereocenters. The van der Waals surface area contributed by atoms with Crippen molar-refractivity contribution in [3.05, 3.63) is 50.2 Å². The van der Waals surface area contributed by atoms with Crippen molar-refractivity contribution in [1.29, 1.82) is 0 Å². The summed E-state index contributed by atoms with van der Waals surface area (Å²) in [5.41, 5.74) is -0.924. The molecule has 0 fully saturated rings. The van der Waals surface area contributed by atoms with E-state index in [0.717, 1.165) is 10.9 Å². The lowest BCUT2D eigenvalue weighted by Crippen LogP contribution is -2.09. The van der Waals surface area contributed by atoms with Gasteiger partial charge in [0.2, 0.25) is 0 Å². The van der Waals surface area contributed by atoms with E-state index in [-0.39, 0.29) is 17.3 Å². The molecule has 0 amide bonds. The second kappa shape index (κ2) is 6.98. The van der Waals surface area contributed by atoms with Gasteiger partial charge in [-0.25, -0.2) is 0 Å². The number of hydrogen-bond donors (Lipinski definition) is 0. The fourth-order valence-corrected chi connectivity index (χ4v) is 2.32. The van der Waals surface area contributed by atoms with Crippen LogP contribution in [0.4, 0.5) is 13.2 Å². The second-order valence-electron chi connectivity index (χ2n) is 4.42. The first kappa shape index (κ1) is 17.9. The Kier molecular flexibility index (Phi) is 5.44. The molecule has 0 saturated carbocycles. The number of benzene rings is 1. The van der Waals surface area contributed by atoms with Crippen molar-refractivity contribution in [1.82, 2.24) is 9.78 Å². The molecule has 0 spiro atoms. The van der Waals surface area contributed by atoms with Crippen LogP contribution in [0, 0.1) is 0 Å². The molecule has 1 aromatic carbocycles. The van der Waals surface area contributed by atoms with Crippen LogP contribution in [-0.2, 0) is 24.7 Å². The fourth-order valence-electron chi connectivity index (χ4n) is 1.68. The van der Waals surface area contributed by atoms with Crippen LogP contribution in [0.3, 0.4) is 0 Å². The SMILES string of the molecule is Cn1nc(C(F)(F)F)c(/C=N\OCc2ccc(Cl)cc2Cl)c1Cl. The molecule has 1 aromatic heterocycles. The van der Waals surface area contributed by atoms with Crippen LogP contribution in [0.1, 0.15) is 16.8 Å². The number of nitrogens with zero attached hydrogens (tertiary/aromatic N) is 3. The summed E-state index contributed by atoms with van der Waals surface area (Å²) in [6.07, 6.45) is -3.78. The molecular formula is C13H9Cl3F3N3O. The van der Waals surface area contributed by atoms with E-state index in [1.165, 1.54) is 13.1 Å². The van der Waals surface area contributed by atoms with Gasteiger partial charge in [-0.05, 0) is 12.1 Å². The predicted molar refractivity (Wildman–Crippen MR) is 82.1 cm³/mol. The van der Waals surface area contributed by atoms with E-state index in [4.69, 9.17) is 39.6 Å². The van der Waals surface area contributed by atoms with Gasteiger partial charge in [0.05, 0.1) is 11.8 Å². The van der Waals surface area contributed by atoms with Crippen molar-refractivity contribution in [3.8, 4) is 0 Å². The quantitative estimate of drug-likeness (QED) is 0.551. The third-order valence-electron chi connectivity index (χ3n) is 2.77. The average Bonchev–Trinajstić information content (AvgIpc) is 2.73. The molecule has 0 N–H and O–H groups in total. The minimum atomic E-state index is -4.65. The molecule has 0 aliphatic heterocycles. The summed E-state index contributed by atoms with van der Waals surface area (Å²) in [5, 5.41) is 7.44. The number of halogens is 6. The molecule has 124 valence electrons. The number of alkyl halides is 3. The monoisotopic (exact) mass is 385 g/mol. The van der Waals surface area contributed by atoms with Crippen molar-refractivity contribution in [2.45, 2.75) is 12.8 Å². The van der Waals surface area contributed by atoms with E-state index < -0.39 is 11.9 Å². The Labute approximate surface area is 144 Å². The number of rotatable bonds is 4. The van der Waals surface area contributed by atoms with Gasteiger partial charge >= 0.3 is 6.18 Å². The average molecular weight is 387 g/mol. The fraction of sp³-hybridized carbons (Fsp3) is 0.231. The highest BCUT2D eigenvalue weighted by Gasteiger charge is 2.38. The van der Waals surface area contributed by atoms with Crippen molar-refractivity contribution in [2.24, 2.45) is 12.2 Å². The summed E-state index contributed by atoms with van der Waals surface area (Å²) >= 11 is 17.5. The first-order chi connectivity index (χ1) is 10.7. The molecule has 0 unspecified atom stereocenters. The summed E-state index contributed by atoms with van der Waals surface area (Å²) in [5.74, 6) is 0. The minimum Gasteiger partial charge on any atom is -0.391 e. The van der Waals surface area contributed by atoms with Crippen LogP contribution in [0.2, 0.25) is 15.2 Å². The Balaban J connectivity index is 2.12. The maximum Gasteiger partial charge on any atom is 0.435 e. The highest BCUT2D eigenvalue weighted by atomic mass is 35.5. The number of hydrogen-bond acceptors (Lipinski definition) is 3. The lowest BCUT2D eigenvalue weighted by atomic mass is 10.2. The summed E-state index contributed by atoms with van der Waals surface area (Å²) < 4.78 is 39.4. The van der Waals surface area contributed by atoms with Crippen molar-refractivity contribution in [2.75, 3.05) is 0 Å². The van der Waals surface area contributed by atoms with Gasteiger partial charge < -0.3 is 4.84 Å². The van der Waals surface area contributed by atoms with Crippen molar-refractivity contribution < 1.29 is 18.0 Å². The van der Waals surface area contributed by atoms with Crippen LogP contribution in [-0.4, -0.2) is 16.0 Å². The van der Waals surface area contributed by atoms with Gasteiger partial charge in [0.25, 0.3) is 0 Å². The van der Waals surface area contributed by atoms with Gasteiger partial charge in [0.1, 0.15) is 11.8 Å². The minimum absolute atomic E-state index is 0.0360. The van der Waals surface area contributed by atoms with E-state index >= 15 is 0 Å². The van der Waals surface area contributed by atoms with Gasteiger partial charge in [-0.2, -0.15) is 18.3 Å².